The lowest BCUT2D eigenvalue weighted by molar-refractivity contribution is 0.370. The van der Waals surface area contributed by atoms with Crippen LogP contribution in [0.4, 0.5) is 0 Å². The molecule has 0 saturated heterocycles. The minimum atomic E-state index is -3.59. The average Bonchev–Trinajstić information content (AvgIpc) is 2.69. The van der Waals surface area contributed by atoms with E-state index in [1.807, 2.05) is 25.9 Å². The van der Waals surface area contributed by atoms with E-state index in [1.54, 1.807) is 6.07 Å². The van der Waals surface area contributed by atoms with E-state index >= 15 is 0 Å². The highest BCUT2D eigenvalue weighted by molar-refractivity contribution is 9.10. The van der Waals surface area contributed by atoms with Crippen molar-refractivity contribution in [2.45, 2.75) is 37.8 Å². The van der Waals surface area contributed by atoms with Crippen molar-refractivity contribution in [1.29, 1.82) is 0 Å². The fraction of sp³-hybridized carbons (Fsp3) is 0.692. The fourth-order valence-corrected chi connectivity index (χ4v) is 4.20. The number of hydrogen-bond acceptors (Lipinski definition) is 5. The molecule has 1 atom stereocenters. The van der Waals surface area contributed by atoms with Crippen LogP contribution in [0.3, 0.4) is 0 Å². The van der Waals surface area contributed by atoms with Crippen LogP contribution < -0.4 is 10.0 Å². The highest BCUT2D eigenvalue weighted by atomic mass is 79.9. The molecule has 1 rings (SSSR count). The van der Waals surface area contributed by atoms with Gasteiger partial charge in [0.15, 0.2) is 4.67 Å². The van der Waals surface area contributed by atoms with Gasteiger partial charge in [0, 0.05) is 18.7 Å². The van der Waals surface area contributed by atoms with Crippen LogP contribution in [0.1, 0.15) is 26.0 Å². The molecule has 0 bridgehead atoms. The molecule has 0 saturated carbocycles. The number of likely N-dealkylation sites (N-methyl/N-ethyl adjacent to an activating group) is 1. The van der Waals surface area contributed by atoms with Gasteiger partial charge in [-0.15, -0.1) is 0 Å². The highest BCUT2D eigenvalue weighted by Crippen LogP contribution is 2.26. The van der Waals surface area contributed by atoms with Crippen molar-refractivity contribution >= 4 is 26.0 Å². The molecule has 8 heteroatoms. The quantitative estimate of drug-likeness (QED) is 0.637. The van der Waals surface area contributed by atoms with Gasteiger partial charge in [0.1, 0.15) is 10.7 Å². The van der Waals surface area contributed by atoms with Gasteiger partial charge in [-0.2, -0.15) is 0 Å². The molecule has 1 unspecified atom stereocenters. The lowest BCUT2D eigenvalue weighted by Crippen LogP contribution is -2.39. The maximum atomic E-state index is 12.3. The zero-order valence-electron chi connectivity index (χ0n) is 12.9. The largest absolute Gasteiger partial charge is 0.452 e. The van der Waals surface area contributed by atoms with Crippen molar-refractivity contribution in [1.82, 2.24) is 14.9 Å². The molecule has 21 heavy (non-hydrogen) atoms. The summed E-state index contributed by atoms with van der Waals surface area (Å²) in [6.45, 7) is 5.89. The van der Waals surface area contributed by atoms with Crippen molar-refractivity contribution in [3.05, 3.63) is 16.5 Å². The first kappa shape index (κ1) is 18.6. The predicted octanol–water partition coefficient (Wildman–Crippen LogP) is 1.77. The molecular formula is C13H24BrN3O3S. The summed E-state index contributed by atoms with van der Waals surface area (Å²) in [6.07, 6.45) is 1.01. The van der Waals surface area contributed by atoms with Gasteiger partial charge in [0.25, 0.3) is 0 Å². The number of furan rings is 1. The summed E-state index contributed by atoms with van der Waals surface area (Å²) >= 11 is 3.18. The predicted molar refractivity (Wildman–Crippen MR) is 86.7 cm³/mol. The molecule has 1 heterocycles. The van der Waals surface area contributed by atoms with Gasteiger partial charge in [-0.25, -0.2) is 13.1 Å². The lowest BCUT2D eigenvalue weighted by Gasteiger charge is -2.17. The third kappa shape index (κ3) is 6.07. The van der Waals surface area contributed by atoms with E-state index in [1.165, 1.54) is 0 Å². The Morgan fingerprint density at radius 2 is 2.10 bits per heavy atom. The second kappa shape index (κ2) is 8.28. The van der Waals surface area contributed by atoms with Crippen molar-refractivity contribution in [3.8, 4) is 0 Å². The molecule has 0 spiro atoms. The van der Waals surface area contributed by atoms with E-state index in [-0.39, 0.29) is 15.6 Å². The van der Waals surface area contributed by atoms with Crippen LogP contribution in [-0.2, 0) is 16.6 Å². The second-order valence-corrected chi connectivity index (χ2v) is 7.71. The number of halogens is 1. The summed E-state index contributed by atoms with van der Waals surface area (Å²) < 4.78 is 33.0. The molecule has 1 aromatic heterocycles. The molecular weight excluding hydrogens is 358 g/mol. The summed E-state index contributed by atoms with van der Waals surface area (Å²) in [6, 6.07) is 1.37. The number of nitrogens with zero attached hydrogens (tertiary/aromatic N) is 1. The zero-order chi connectivity index (χ0) is 16.0. The van der Waals surface area contributed by atoms with Gasteiger partial charge in [-0.3, -0.25) is 0 Å². The fourth-order valence-electron chi connectivity index (χ4n) is 1.97. The minimum Gasteiger partial charge on any atom is -0.452 e. The summed E-state index contributed by atoms with van der Waals surface area (Å²) in [5.74, 6) is 0.593. The molecule has 0 radical (unpaired) electrons. The minimum absolute atomic E-state index is 0.140. The van der Waals surface area contributed by atoms with E-state index in [2.05, 4.69) is 32.9 Å². The molecule has 1 aromatic rings. The Hall–Kier alpha value is -0.410. The Morgan fingerprint density at radius 1 is 1.43 bits per heavy atom. The third-order valence-electron chi connectivity index (χ3n) is 2.72. The topological polar surface area (TPSA) is 74.6 Å². The summed E-state index contributed by atoms with van der Waals surface area (Å²) in [7, 11) is 0.207. The molecule has 0 amide bonds. The van der Waals surface area contributed by atoms with Crippen LogP contribution >= 0.6 is 15.9 Å². The van der Waals surface area contributed by atoms with E-state index in [9.17, 15) is 8.42 Å². The maximum absolute atomic E-state index is 12.3. The van der Waals surface area contributed by atoms with E-state index in [0.717, 1.165) is 13.0 Å². The van der Waals surface area contributed by atoms with Gasteiger partial charge in [0.2, 0.25) is 10.0 Å². The second-order valence-electron chi connectivity index (χ2n) is 5.31. The van der Waals surface area contributed by atoms with Crippen molar-refractivity contribution < 1.29 is 12.8 Å². The Labute approximate surface area is 135 Å². The molecule has 6 nitrogen and oxygen atoms in total. The molecule has 122 valence electrons. The summed E-state index contributed by atoms with van der Waals surface area (Å²) in [5.41, 5.74) is 0. The Bertz CT molecular complexity index is 543. The van der Waals surface area contributed by atoms with Crippen molar-refractivity contribution in [2.75, 3.05) is 27.2 Å². The van der Waals surface area contributed by atoms with Gasteiger partial charge in [0.05, 0.1) is 6.54 Å². The average molecular weight is 382 g/mol. The maximum Gasteiger partial charge on any atom is 0.245 e. The number of nitrogens with one attached hydrogen (secondary N) is 2. The van der Waals surface area contributed by atoms with Crippen LogP contribution in [0.5, 0.6) is 0 Å². The van der Waals surface area contributed by atoms with Crippen LogP contribution in [0.25, 0.3) is 0 Å². The first-order valence-corrected chi connectivity index (χ1v) is 9.20. The summed E-state index contributed by atoms with van der Waals surface area (Å²) in [5, 5.41) is 3.17. The smallest absolute Gasteiger partial charge is 0.245 e. The molecule has 2 N–H and O–H groups in total. The van der Waals surface area contributed by atoms with E-state index < -0.39 is 10.0 Å². The SMILES string of the molecule is CCCNCc1cc(S(=O)(=O)NC(C)CN(C)C)c(Br)o1. The first-order chi connectivity index (χ1) is 9.76. The van der Waals surface area contributed by atoms with Gasteiger partial charge in [-0.05, 0) is 49.9 Å². The zero-order valence-corrected chi connectivity index (χ0v) is 15.3. The van der Waals surface area contributed by atoms with Crippen molar-refractivity contribution in [2.24, 2.45) is 0 Å². The normalized spacial score (nSPS) is 13.8. The van der Waals surface area contributed by atoms with Gasteiger partial charge in [-0.1, -0.05) is 6.92 Å². The molecule has 0 aliphatic rings. The van der Waals surface area contributed by atoms with Gasteiger partial charge >= 0.3 is 0 Å². The Balaban J connectivity index is 2.78. The first-order valence-electron chi connectivity index (χ1n) is 6.92. The molecule has 0 aliphatic heterocycles. The highest BCUT2D eigenvalue weighted by Gasteiger charge is 2.24. The van der Waals surface area contributed by atoms with Crippen LogP contribution in [0.15, 0.2) is 20.0 Å². The molecule has 0 aromatic carbocycles. The standard InChI is InChI=1S/C13H24BrN3O3S/c1-5-6-15-8-11-7-12(13(14)20-11)21(18,19)16-10(2)9-17(3)4/h7,10,15-16H,5-6,8-9H2,1-4H3. The molecule has 0 aliphatic carbocycles. The molecule has 0 fully saturated rings. The van der Waals surface area contributed by atoms with Crippen LogP contribution in [0.2, 0.25) is 0 Å². The number of rotatable bonds is 9. The van der Waals surface area contributed by atoms with Crippen LogP contribution in [0, 0.1) is 0 Å². The van der Waals surface area contributed by atoms with E-state index in [4.69, 9.17) is 4.42 Å². The number of hydrogen-bond donors (Lipinski definition) is 2. The van der Waals surface area contributed by atoms with Gasteiger partial charge < -0.3 is 14.6 Å². The van der Waals surface area contributed by atoms with E-state index in [0.29, 0.717) is 18.8 Å². The van der Waals surface area contributed by atoms with Crippen molar-refractivity contribution in [3.63, 3.8) is 0 Å². The Kier molecular flexibility index (Phi) is 7.35. The third-order valence-corrected chi connectivity index (χ3v) is 5.16. The summed E-state index contributed by atoms with van der Waals surface area (Å²) in [4.78, 5) is 2.07. The van der Waals surface area contributed by atoms with Crippen LogP contribution in [-0.4, -0.2) is 46.5 Å². The Morgan fingerprint density at radius 3 is 2.67 bits per heavy atom. The number of sulfonamides is 1. The lowest BCUT2D eigenvalue weighted by atomic mass is 10.3. The monoisotopic (exact) mass is 381 g/mol.